The van der Waals surface area contributed by atoms with Gasteiger partial charge in [-0.2, -0.15) is 16.7 Å². The molecule has 6 nitrogen and oxygen atoms in total. The summed E-state index contributed by atoms with van der Waals surface area (Å²) in [6.07, 6.45) is 1.88. The van der Waals surface area contributed by atoms with Gasteiger partial charge in [-0.3, -0.25) is 4.79 Å². The molecule has 1 aromatic heterocycles. The fourth-order valence-corrected chi connectivity index (χ4v) is 1.87. The lowest BCUT2D eigenvalue weighted by Crippen LogP contribution is -2.32. The highest BCUT2D eigenvalue weighted by Crippen LogP contribution is 2.10. The summed E-state index contributed by atoms with van der Waals surface area (Å²) in [6.45, 7) is 2.12. The molecule has 0 saturated carbocycles. The van der Waals surface area contributed by atoms with E-state index in [0.29, 0.717) is 24.6 Å². The van der Waals surface area contributed by atoms with Crippen molar-refractivity contribution in [2.24, 2.45) is 5.73 Å². The van der Waals surface area contributed by atoms with Crippen molar-refractivity contribution in [2.45, 2.75) is 25.1 Å². The Morgan fingerprint density at radius 3 is 3.19 bits per heavy atom. The first kappa shape index (κ1) is 13.0. The number of ether oxygens (including phenoxy) is 1. The molecule has 7 heteroatoms. The first-order valence-electron chi connectivity index (χ1n) is 4.99. The van der Waals surface area contributed by atoms with Crippen molar-refractivity contribution in [1.29, 1.82) is 0 Å². The fraction of sp³-hybridized carbons (Fsp3) is 0.667. The summed E-state index contributed by atoms with van der Waals surface area (Å²) in [7, 11) is 0. The first-order chi connectivity index (χ1) is 7.74. The maximum absolute atomic E-state index is 11.2. The monoisotopic (exact) mass is 245 g/mol. The number of nitrogens with two attached hydrogens (primary N) is 1. The number of carbonyl (C=O) groups excluding carboxylic acids is 1. The maximum atomic E-state index is 11.2. The molecule has 0 aliphatic rings. The normalized spacial score (nSPS) is 12.4. The molecule has 1 unspecified atom stereocenters. The van der Waals surface area contributed by atoms with Gasteiger partial charge in [0, 0.05) is 0 Å². The average Bonchev–Trinajstić information content (AvgIpc) is 2.77. The summed E-state index contributed by atoms with van der Waals surface area (Å²) in [4.78, 5) is 15.0. The van der Waals surface area contributed by atoms with E-state index in [1.54, 1.807) is 18.7 Å². The van der Waals surface area contributed by atoms with Gasteiger partial charge < -0.3 is 15.0 Å². The molecule has 0 saturated heterocycles. The summed E-state index contributed by atoms with van der Waals surface area (Å²) < 4.78 is 9.38. The second-order valence-corrected chi connectivity index (χ2v) is 4.15. The second-order valence-electron chi connectivity index (χ2n) is 3.05. The van der Waals surface area contributed by atoms with E-state index in [-0.39, 0.29) is 5.97 Å². The zero-order valence-electron chi connectivity index (χ0n) is 9.09. The number of rotatable bonds is 7. The predicted octanol–water partition coefficient (Wildman–Crippen LogP) is 0.583. The van der Waals surface area contributed by atoms with Crippen LogP contribution in [-0.4, -0.2) is 34.5 Å². The van der Waals surface area contributed by atoms with Crippen molar-refractivity contribution in [3.8, 4) is 0 Å². The lowest BCUT2D eigenvalue weighted by Gasteiger charge is -2.09. The quantitative estimate of drug-likeness (QED) is 0.555. The van der Waals surface area contributed by atoms with Crippen LogP contribution in [0.15, 0.2) is 10.9 Å². The number of hydrogen-bond acceptors (Lipinski definition) is 7. The average molecular weight is 245 g/mol. The van der Waals surface area contributed by atoms with E-state index in [1.165, 1.54) is 6.39 Å². The number of thioether (sulfide) groups is 1. The minimum atomic E-state index is -0.544. The lowest BCUT2D eigenvalue weighted by molar-refractivity contribution is -0.144. The van der Waals surface area contributed by atoms with Gasteiger partial charge in [0.25, 0.3) is 0 Å². The Morgan fingerprint density at radius 1 is 1.75 bits per heavy atom. The molecule has 2 N–H and O–H groups in total. The van der Waals surface area contributed by atoms with Crippen LogP contribution in [-0.2, 0) is 15.3 Å². The number of esters is 1. The predicted molar refractivity (Wildman–Crippen MR) is 59.7 cm³/mol. The van der Waals surface area contributed by atoms with E-state index in [9.17, 15) is 4.79 Å². The number of carbonyl (C=O) groups is 1. The fourth-order valence-electron chi connectivity index (χ4n) is 0.997. The lowest BCUT2D eigenvalue weighted by atomic mass is 10.2. The van der Waals surface area contributed by atoms with Crippen LogP contribution in [0.3, 0.4) is 0 Å². The topological polar surface area (TPSA) is 91.2 Å². The van der Waals surface area contributed by atoms with Crippen LogP contribution < -0.4 is 5.73 Å². The van der Waals surface area contributed by atoms with E-state index < -0.39 is 6.04 Å². The molecule has 0 aromatic carbocycles. The van der Waals surface area contributed by atoms with Crippen molar-refractivity contribution in [2.75, 3.05) is 12.4 Å². The third-order valence-corrected chi connectivity index (χ3v) is 2.79. The minimum absolute atomic E-state index is 0.345. The van der Waals surface area contributed by atoms with E-state index in [1.807, 2.05) is 0 Å². The van der Waals surface area contributed by atoms with Crippen LogP contribution in [0.25, 0.3) is 0 Å². The van der Waals surface area contributed by atoms with Gasteiger partial charge in [-0.25, -0.2) is 0 Å². The molecule has 16 heavy (non-hydrogen) atoms. The summed E-state index contributed by atoms with van der Waals surface area (Å²) in [6, 6.07) is -0.544. The van der Waals surface area contributed by atoms with Crippen molar-refractivity contribution in [3.63, 3.8) is 0 Å². The molecule has 1 heterocycles. The molecule has 90 valence electrons. The van der Waals surface area contributed by atoms with E-state index in [0.717, 1.165) is 5.75 Å². The van der Waals surface area contributed by atoms with Crippen molar-refractivity contribution < 1.29 is 14.1 Å². The third kappa shape index (κ3) is 4.63. The van der Waals surface area contributed by atoms with E-state index in [4.69, 9.17) is 10.5 Å². The van der Waals surface area contributed by atoms with Gasteiger partial charge in [-0.15, -0.1) is 0 Å². The van der Waals surface area contributed by atoms with Crippen molar-refractivity contribution in [1.82, 2.24) is 10.1 Å². The van der Waals surface area contributed by atoms with E-state index >= 15 is 0 Å². The summed E-state index contributed by atoms with van der Waals surface area (Å²) in [5.41, 5.74) is 5.63. The van der Waals surface area contributed by atoms with E-state index in [2.05, 4.69) is 14.7 Å². The molecule has 0 fully saturated rings. The first-order valence-corrected chi connectivity index (χ1v) is 6.14. The zero-order chi connectivity index (χ0) is 11.8. The smallest absolute Gasteiger partial charge is 0.322 e. The number of hydrogen-bond donors (Lipinski definition) is 1. The molecule has 1 aromatic rings. The Kier molecular flexibility index (Phi) is 5.87. The SMILES string of the molecule is CCOC(=O)C(N)CCSCc1ncon1. The molecule has 0 aliphatic heterocycles. The Hall–Kier alpha value is -1.08. The van der Waals surface area contributed by atoms with Crippen LogP contribution >= 0.6 is 11.8 Å². The highest BCUT2D eigenvalue weighted by Gasteiger charge is 2.13. The molecular weight excluding hydrogens is 230 g/mol. The van der Waals surface area contributed by atoms with Gasteiger partial charge in [-0.1, -0.05) is 5.16 Å². The maximum Gasteiger partial charge on any atom is 0.322 e. The zero-order valence-corrected chi connectivity index (χ0v) is 9.90. The Morgan fingerprint density at radius 2 is 2.56 bits per heavy atom. The molecule has 1 atom stereocenters. The molecule has 0 aliphatic carbocycles. The summed E-state index contributed by atoms with van der Waals surface area (Å²) in [5.74, 6) is 1.72. The van der Waals surface area contributed by atoms with Gasteiger partial charge in [0.2, 0.25) is 6.39 Å². The largest absolute Gasteiger partial charge is 0.465 e. The van der Waals surface area contributed by atoms with Gasteiger partial charge in [0.15, 0.2) is 5.82 Å². The van der Waals surface area contributed by atoms with Crippen LogP contribution in [0.4, 0.5) is 0 Å². The van der Waals surface area contributed by atoms with Crippen LogP contribution in [0.2, 0.25) is 0 Å². The molecule has 0 bridgehead atoms. The number of aromatic nitrogens is 2. The number of nitrogens with zero attached hydrogens (tertiary/aromatic N) is 2. The van der Waals surface area contributed by atoms with Gasteiger partial charge in [0.1, 0.15) is 6.04 Å². The molecule has 1 rings (SSSR count). The van der Waals surface area contributed by atoms with Gasteiger partial charge in [-0.05, 0) is 19.1 Å². The Balaban J connectivity index is 2.08. The highest BCUT2D eigenvalue weighted by atomic mass is 32.2. The standard InChI is InChI=1S/C9H15N3O3S/c1-2-14-9(13)7(10)3-4-16-5-8-11-6-15-12-8/h6-7H,2-5,10H2,1H3. The van der Waals surface area contributed by atoms with Crippen LogP contribution in [0.1, 0.15) is 19.2 Å². The molecule has 0 amide bonds. The molecular formula is C9H15N3O3S. The van der Waals surface area contributed by atoms with Crippen molar-refractivity contribution >= 4 is 17.7 Å². The van der Waals surface area contributed by atoms with Crippen LogP contribution in [0, 0.1) is 0 Å². The second kappa shape index (κ2) is 7.24. The van der Waals surface area contributed by atoms with Crippen molar-refractivity contribution in [3.05, 3.63) is 12.2 Å². The minimum Gasteiger partial charge on any atom is -0.465 e. The molecule has 0 radical (unpaired) electrons. The third-order valence-electron chi connectivity index (χ3n) is 1.80. The Bertz CT molecular complexity index is 305. The Labute approximate surface area is 97.9 Å². The van der Waals surface area contributed by atoms with Crippen LogP contribution in [0.5, 0.6) is 0 Å². The van der Waals surface area contributed by atoms with Gasteiger partial charge in [0.05, 0.1) is 12.4 Å². The molecule has 0 spiro atoms. The summed E-state index contributed by atoms with van der Waals surface area (Å²) in [5, 5.41) is 3.67. The summed E-state index contributed by atoms with van der Waals surface area (Å²) >= 11 is 1.60. The highest BCUT2D eigenvalue weighted by molar-refractivity contribution is 7.98. The van der Waals surface area contributed by atoms with Gasteiger partial charge >= 0.3 is 5.97 Å².